The summed E-state index contributed by atoms with van der Waals surface area (Å²) < 4.78 is 43.7. The Hall–Kier alpha value is -2.94. The van der Waals surface area contributed by atoms with E-state index >= 15 is 0 Å². The molecule has 5 nitrogen and oxygen atoms in total. The van der Waals surface area contributed by atoms with Gasteiger partial charge in [-0.15, -0.1) is 0 Å². The Bertz CT molecular complexity index is 943. The third-order valence-corrected chi connectivity index (χ3v) is 4.90. The third kappa shape index (κ3) is 5.11. The predicted octanol–water partition coefficient (Wildman–Crippen LogP) is 5.21. The number of ether oxygens (including phenoxy) is 1. The molecule has 1 fully saturated rings. The number of anilines is 1. The number of imide groups is 1. The van der Waals surface area contributed by atoms with Crippen LogP contribution in [0.2, 0.25) is 0 Å². The van der Waals surface area contributed by atoms with Gasteiger partial charge in [-0.25, -0.2) is 0 Å². The van der Waals surface area contributed by atoms with E-state index in [1.807, 2.05) is 6.92 Å². The first-order chi connectivity index (χ1) is 13.8. The minimum absolute atomic E-state index is 0.161. The van der Waals surface area contributed by atoms with Gasteiger partial charge in [0.1, 0.15) is 5.75 Å². The molecule has 2 amide bonds. The maximum Gasteiger partial charge on any atom is 0.416 e. The van der Waals surface area contributed by atoms with Crippen molar-refractivity contribution in [2.75, 3.05) is 18.6 Å². The number of alkyl halides is 3. The Morgan fingerprint density at radius 1 is 1.14 bits per heavy atom. The molecule has 0 aromatic heterocycles. The van der Waals surface area contributed by atoms with E-state index in [0.29, 0.717) is 12.4 Å². The number of carbonyl (C=O) groups is 2. The molecule has 0 atom stereocenters. The van der Waals surface area contributed by atoms with Crippen molar-refractivity contribution < 1.29 is 27.5 Å². The Labute approximate surface area is 169 Å². The van der Waals surface area contributed by atoms with Crippen LogP contribution in [0.15, 0.2) is 53.4 Å². The number of carbonyl (C=O) groups excluding carboxylic acids is 2. The summed E-state index contributed by atoms with van der Waals surface area (Å²) in [5.74, 6) is 0.191. The van der Waals surface area contributed by atoms with Crippen LogP contribution in [0.25, 0.3) is 6.08 Å². The fraction of sp³-hybridized carbons (Fsp3) is 0.200. The normalized spacial score (nSPS) is 15.9. The number of amides is 2. The zero-order chi connectivity index (χ0) is 21.0. The Morgan fingerprint density at radius 3 is 2.52 bits per heavy atom. The zero-order valence-electron chi connectivity index (χ0n) is 15.3. The van der Waals surface area contributed by atoms with Gasteiger partial charge in [-0.2, -0.15) is 13.2 Å². The number of hydrogen-bond donors (Lipinski definition) is 1. The molecule has 152 valence electrons. The Morgan fingerprint density at radius 2 is 1.86 bits per heavy atom. The van der Waals surface area contributed by atoms with Gasteiger partial charge >= 0.3 is 6.18 Å². The highest BCUT2D eigenvalue weighted by molar-refractivity contribution is 8.18. The number of thioether (sulfide) groups is 1. The lowest BCUT2D eigenvalue weighted by molar-refractivity contribution is -0.137. The number of hydrogen-bond acceptors (Lipinski definition) is 5. The summed E-state index contributed by atoms with van der Waals surface area (Å²) in [5.41, 5.74) is 0.0752. The highest BCUT2D eigenvalue weighted by Gasteiger charge is 2.35. The number of rotatable bonds is 6. The Kier molecular flexibility index (Phi) is 6.17. The van der Waals surface area contributed by atoms with E-state index in [-0.39, 0.29) is 17.3 Å². The standard InChI is InChI=1S/C20H17F3N2O3S/c1-2-28-16-8-6-13(7-9-16)10-17-18(26)25(19(27)29-17)12-24-15-5-3-4-14(11-15)20(21,22)23/h3-11,24H,2,12H2,1H3/b17-10+. The van der Waals surface area contributed by atoms with Gasteiger partial charge < -0.3 is 10.1 Å². The van der Waals surface area contributed by atoms with Crippen LogP contribution in [0.4, 0.5) is 23.7 Å². The van der Waals surface area contributed by atoms with Gasteiger partial charge in [0.2, 0.25) is 0 Å². The van der Waals surface area contributed by atoms with Gasteiger partial charge in [-0.05, 0) is 60.7 Å². The first kappa shape index (κ1) is 20.8. The van der Waals surface area contributed by atoms with Crippen LogP contribution in [0.3, 0.4) is 0 Å². The predicted molar refractivity (Wildman–Crippen MR) is 105 cm³/mol. The summed E-state index contributed by atoms with van der Waals surface area (Å²) in [6.45, 7) is 2.18. The fourth-order valence-electron chi connectivity index (χ4n) is 2.59. The van der Waals surface area contributed by atoms with Gasteiger partial charge in [0.25, 0.3) is 11.1 Å². The van der Waals surface area contributed by atoms with E-state index < -0.39 is 22.9 Å². The van der Waals surface area contributed by atoms with Crippen LogP contribution >= 0.6 is 11.8 Å². The van der Waals surface area contributed by atoms with Gasteiger partial charge in [0, 0.05) is 5.69 Å². The smallest absolute Gasteiger partial charge is 0.416 e. The summed E-state index contributed by atoms with van der Waals surface area (Å²) in [6, 6.07) is 11.6. The number of benzene rings is 2. The molecule has 0 unspecified atom stereocenters. The summed E-state index contributed by atoms with van der Waals surface area (Å²) in [4.78, 5) is 25.9. The van der Waals surface area contributed by atoms with Gasteiger partial charge in [0.05, 0.1) is 23.7 Å². The second-order valence-corrected chi connectivity index (χ2v) is 7.02. The SMILES string of the molecule is CCOc1ccc(/C=C2/SC(=O)N(CNc3cccc(C(F)(F)F)c3)C2=O)cc1. The van der Waals surface area contributed by atoms with E-state index in [9.17, 15) is 22.8 Å². The topological polar surface area (TPSA) is 58.6 Å². The largest absolute Gasteiger partial charge is 0.494 e. The van der Waals surface area contributed by atoms with Crippen LogP contribution in [0.5, 0.6) is 5.75 Å². The van der Waals surface area contributed by atoms with Gasteiger partial charge in [0.15, 0.2) is 0 Å². The average Bonchev–Trinajstić information content (AvgIpc) is 2.94. The van der Waals surface area contributed by atoms with Gasteiger partial charge in [-0.3, -0.25) is 14.5 Å². The molecule has 3 rings (SSSR count). The molecule has 1 N–H and O–H groups in total. The van der Waals surface area contributed by atoms with Crippen molar-refractivity contribution >= 4 is 34.7 Å². The van der Waals surface area contributed by atoms with Crippen LogP contribution < -0.4 is 10.1 Å². The molecule has 1 heterocycles. The summed E-state index contributed by atoms with van der Waals surface area (Å²) in [5, 5.41) is 2.20. The van der Waals surface area contributed by atoms with E-state index in [0.717, 1.165) is 34.4 Å². The van der Waals surface area contributed by atoms with Crippen LogP contribution in [0, 0.1) is 0 Å². The quantitative estimate of drug-likeness (QED) is 0.648. The lowest BCUT2D eigenvalue weighted by Gasteiger charge is -2.15. The van der Waals surface area contributed by atoms with Crippen molar-refractivity contribution in [2.24, 2.45) is 0 Å². The highest BCUT2D eigenvalue weighted by Crippen LogP contribution is 2.33. The van der Waals surface area contributed by atoms with Crippen LogP contribution in [-0.4, -0.2) is 29.3 Å². The maximum atomic E-state index is 12.8. The fourth-order valence-corrected chi connectivity index (χ4v) is 3.43. The molecule has 0 aliphatic carbocycles. The molecule has 2 aromatic rings. The summed E-state index contributed by atoms with van der Waals surface area (Å²) >= 11 is 0.781. The molecule has 1 aliphatic rings. The van der Waals surface area contributed by atoms with Gasteiger partial charge in [-0.1, -0.05) is 18.2 Å². The molecule has 0 spiro atoms. The minimum Gasteiger partial charge on any atom is -0.494 e. The number of nitrogens with zero attached hydrogens (tertiary/aromatic N) is 1. The van der Waals surface area contributed by atoms with Crippen molar-refractivity contribution in [2.45, 2.75) is 13.1 Å². The van der Waals surface area contributed by atoms with Crippen molar-refractivity contribution in [3.63, 3.8) is 0 Å². The first-order valence-electron chi connectivity index (χ1n) is 8.67. The first-order valence-corrected chi connectivity index (χ1v) is 9.49. The van der Waals surface area contributed by atoms with Crippen molar-refractivity contribution in [3.8, 4) is 5.75 Å². The molecular weight excluding hydrogens is 405 g/mol. The van der Waals surface area contributed by atoms with E-state index in [4.69, 9.17) is 4.74 Å². The number of nitrogens with one attached hydrogen (secondary N) is 1. The van der Waals surface area contributed by atoms with Crippen LogP contribution in [0.1, 0.15) is 18.1 Å². The minimum atomic E-state index is -4.47. The molecule has 29 heavy (non-hydrogen) atoms. The zero-order valence-corrected chi connectivity index (χ0v) is 16.1. The lowest BCUT2D eigenvalue weighted by Crippen LogP contribution is -2.33. The maximum absolute atomic E-state index is 12.8. The molecule has 9 heteroatoms. The van der Waals surface area contributed by atoms with Crippen LogP contribution in [-0.2, 0) is 11.0 Å². The molecule has 0 bridgehead atoms. The van der Waals surface area contributed by atoms with Crippen molar-refractivity contribution in [1.29, 1.82) is 0 Å². The van der Waals surface area contributed by atoms with E-state index in [2.05, 4.69) is 5.32 Å². The second kappa shape index (κ2) is 8.60. The summed E-state index contributed by atoms with van der Waals surface area (Å²) in [7, 11) is 0. The molecule has 0 radical (unpaired) electrons. The molecule has 0 saturated carbocycles. The van der Waals surface area contributed by atoms with E-state index in [1.165, 1.54) is 12.1 Å². The van der Waals surface area contributed by atoms with Crippen molar-refractivity contribution in [3.05, 3.63) is 64.6 Å². The molecule has 2 aromatic carbocycles. The van der Waals surface area contributed by atoms with Crippen molar-refractivity contribution in [1.82, 2.24) is 4.90 Å². The van der Waals surface area contributed by atoms with E-state index in [1.54, 1.807) is 30.3 Å². The monoisotopic (exact) mass is 422 g/mol. The molecular formula is C20H17F3N2O3S. The molecule has 1 aliphatic heterocycles. The number of halogens is 3. The average molecular weight is 422 g/mol. The second-order valence-electron chi connectivity index (χ2n) is 6.03. The highest BCUT2D eigenvalue weighted by atomic mass is 32.2. The molecule has 1 saturated heterocycles. The summed E-state index contributed by atoms with van der Waals surface area (Å²) in [6.07, 6.45) is -2.88. The lowest BCUT2D eigenvalue weighted by atomic mass is 10.2. The Balaban J connectivity index is 1.68. The third-order valence-electron chi connectivity index (χ3n) is 3.99.